The molecule has 0 spiro atoms. The van der Waals surface area contributed by atoms with Crippen molar-refractivity contribution in [3.8, 4) is 0 Å². The van der Waals surface area contributed by atoms with Gasteiger partial charge in [0.15, 0.2) is 0 Å². The summed E-state index contributed by atoms with van der Waals surface area (Å²) in [7, 11) is 0. The van der Waals surface area contributed by atoms with E-state index in [-0.39, 0.29) is 0 Å². The summed E-state index contributed by atoms with van der Waals surface area (Å²) < 4.78 is 0. The first-order valence-corrected chi connectivity index (χ1v) is 5.55. The summed E-state index contributed by atoms with van der Waals surface area (Å²) in [6, 6.07) is 0.852. The molecule has 1 heterocycles. The fraction of sp³-hybridized carbons (Fsp3) is 1.00. The van der Waals surface area contributed by atoms with Gasteiger partial charge in [-0.25, -0.2) is 0 Å². The Balaban J connectivity index is 1.87. The fourth-order valence-electron chi connectivity index (χ4n) is 2.60. The van der Waals surface area contributed by atoms with E-state index in [0.29, 0.717) is 0 Å². The first-order chi connectivity index (χ1) is 5.81. The van der Waals surface area contributed by atoms with Crippen LogP contribution in [0.25, 0.3) is 0 Å². The molecule has 2 aliphatic rings. The van der Waals surface area contributed by atoms with Gasteiger partial charge in [-0.15, -0.1) is 0 Å². The van der Waals surface area contributed by atoms with Crippen molar-refractivity contribution in [1.82, 2.24) is 4.90 Å². The molecule has 70 valence electrons. The minimum absolute atomic E-state index is 0.852. The molecule has 2 atom stereocenters. The SMILES string of the molecule is CCN1C[C@H](C2CC2)CC[C@H]1C. The maximum Gasteiger partial charge on any atom is 0.00670 e. The third-order valence-corrected chi connectivity index (χ3v) is 3.74. The van der Waals surface area contributed by atoms with Gasteiger partial charge in [0.2, 0.25) is 0 Å². The number of nitrogens with zero attached hydrogens (tertiary/aromatic N) is 1. The smallest absolute Gasteiger partial charge is 0.00670 e. The van der Waals surface area contributed by atoms with Crippen LogP contribution in [-0.4, -0.2) is 24.0 Å². The van der Waals surface area contributed by atoms with Crippen molar-refractivity contribution in [3.05, 3.63) is 0 Å². The molecule has 0 aromatic carbocycles. The van der Waals surface area contributed by atoms with Crippen molar-refractivity contribution in [3.63, 3.8) is 0 Å². The number of hydrogen-bond acceptors (Lipinski definition) is 1. The first-order valence-electron chi connectivity index (χ1n) is 5.55. The molecule has 0 unspecified atom stereocenters. The van der Waals surface area contributed by atoms with Gasteiger partial charge in [-0.05, 0) is 51.0 Å². The molecule has 0 bridgehead atoms. The van der Waals surface area contributed by atoms with Crippen LogP contribution in [0.15, 0.2) is 0 Å². The van der Waals surface area contributed by atoms with Crippen molar-refractivity contribution in [1.29, 1.82) is 0 Å². The largest absolute Gasteiger partial charge is 0.301 e. The molecule has 1 aliphatic heterocycles. The molecular weight excluding hydrogens is 146 g/mol. The molecule has 1 heteroatoms. The van der Waals surface area contributed by atoms with Gasteiger partial charge in [-0.2, -0.15) is 0 Å². The first kappa shape index (κ1) is 8.55. The van der Waals surface area contributed by atoms with Gasteiger partial charge in [0.1, 0.15) is 0 Å². The van der Waals surface area contributed by atoms with Gasteiger partial charge in [-0.3, -0.25) is 0 Å². The molecule has 12 heavy (non-hydrogen) atoms. The van der Waals surface area contributed by atoms with Crippen LogP contribution in [0.3, 0.4) is 0 Å². The van der Waals surface area contributed by atoms with Crippen LogP contribution >= 0.6 is 0 Å². The quantitative estimate of drug-likeness (QED) is 0.611. The molecule has 1 aliphatic carbocycles. The summed E-state index contributed by atoms with van der Waals surface area (Å²) in [5, 5.41) is 0. The predicted molar refractivity (Wildman–Crippen MR) is 52.2 cm³/mol. The summed E-state index contributed by atoms with van der Waals surface area (Å²) in [4.78, 5) is 2.66. The lowest BCUT2D eigenvalue weighted by Crippen LogP contribution is -2.42. The maximum absolute atomic E-state index is 2.66. The normalized spacial score (nSPS) is 38.5. The van der Waals surface area contributed by atoms with E-state index >= 15 is 0 Å². The van der Waals surface area contributed by atoms with Crippen LogP contribution in [0.1, 0.15) is 39.5 Å². The van der Waals surface area contributed by atoms with Gasteiger partial charge in [0.05, 0.1) is 0 Å². The third-order valence-electron chi connectivity index (χ3n) is 3.74. The predicted octanol–water partition coefficient (Wildman–Crippen LogP) is 2.52. The Kier molecular flexibility index (Phi) is 2.40. The van der Waals surface area contributed by atoms with Gasteiger partial charge < -0.3 is 4.90 Å². The van der Waals surface area contributed by atoms with Crippen molar-refractivity contribution >= 4 is 0 Å². The van der Waals surface area contributed by atoms with E-state index < -0.39 is 0 Å². The molecule has 0 aromatic heterocycles. The zero-order valence-corrected chi connectivity index (χ0v) is 8.42. The van der Waals surface area contributed by atoms with Gasteiger partial charge >= 0.3 is 0 Å². The minimum Gasteiger partial charge on any atom is -0.301 e. The number of rotatable bonds is 2. The molecular formula is C11H21N. The van der Waals surface area contributed by atoms with Crippen molar-refractivity contribution in [2.45, 2.75) is 45.6 Å². The highest BCUT2D eigenvalue weighted by molar-refractivity contribution is 4.88. The number of likely N-dealkylation sites (tertiary alicyclic amines) is 1. The second kappa shape index (κ2) is 3.37. The topological polar surface area (TPSA) is 3.24 Å². The molecule has 0 N–H and O–H groups in total. The van der Waals surface area contributed by atoms with Crippen molar-refractivity contribution in [2.24, 2.45) is 11.8 Å². The molecule has 2 rings (SSSR count). The monoisotopic (exact) mass is 167 g/mol. The molecule has 0 radical (unpaired) electrons. The van der Waals surface area contributed by atoms with Gasteiger partial charge in [0.25, 0.3) is 0 Å². The maximum atomic E-state index is 2.66. The van der Waals surface area contributed by atoms with Gasteiger partial charge in [-0.1, -0.05) is 6.92 Å². The second-order valence-electron chi connectivity index (χ2n) is 4.61. The summed E-state index contributed by atoms with van der Waals surface area (Å²) in [6.07, 6.45) is 5.99. The summed E-state index contributed by atoms with van der Waals surface area (Å²) in [6.45, 7) is 7.32. The highest BCUT2D eigenvalue weighted by Crippen LogP contribution is 2.41. The van der Waals surface area contributed by atoms with E-state index in [1.54, 1.807) is 0 Å². The van der Waals surface area contributed by atoms with Crippen LogP contribution in [-0.2, 0) is 0 Å². The molecule has 1 nitrogen and oxygen atoms in total. The fourth-order valence-corrected chi connectivity index (χ4v) is 2.60. The zero-order valence-electron chi connectivity index (χ0n) is 8.42. The van der Waals surface area contributed by atoms with E-state index in [1.807, 2.05) is 0 Å². The highest BCUT2D eigenvalue weighted by Gasteiger charge is 2.35. The second-order valence-corrected chi connectivity index (χ2v) is 4.61. The van der Waals surface area contributed by atoms with Crippen LogP contribution in [0.5, 0.6) is 0 Å². The Hall–Kier alpha value is -0.0400. The molecule has 2 fully saturated rings. The van der Waals surface area contributed by atoms with E-state index in [2.05, 4.69) is 18.7 Å². The molecule has 1 saturated carbocycles. The lowest BCUT2D eigenvalue weighted by Gasteiger charge is -2.37. The molecule has 0 aromatic rings. The highest BCUT2D eigenvalue weighted by atomic mass is 15.2. The average molecular weight is 167 g/mol. The van der Waals surface area contributed by atoms with Crippen molar-refractivity contribution < 1.29 is 0 Å². The Morgan fingerprint density at radius 2 is 1.75 bits per heavy atom. The van der Waals surface area contributed by atoms with E-state index in [0.717, 1.165) is 17.9 Å². The van der Waals surface area contributed by atoms with Crippen LogP contribution in [0.2, 0.25) is 0 Å². The standard InChI is InChI=1S/C11H21N/c1-3-12-8-11(10-6-7-10)5-4-9(12)2/h9-11H,3-8H2,1-2H3/t9-,11-/m1/s1. The third kappa shape index (κ3) is 1.66. The van der Waals surface area contributed by atoms with Crippen LogP contribution < -0.4 is 0 Å². The van der Waals surface area contributed by atoms with Crippen LogP contribution in [0, 0.1) is 11.8 Å². The Labute approximate surface area is 76.1 Å². The minimum atomic E-state index is 0.852. The Morgan fingerprint density at radius 1 is 1.08 bits per heavy atom. The lowest BCUT2D eigenvalue weighted by molar-refractivity contribution is 0.114. The van der Waals surface area contributed by atoms with E-state index in [4.69, 9.17) is 0 Å². The average Bonchev–Trinajstić information content (AvgIpc) is 2.88. The van der Waals surface area contributed by atoms with E-state index in [9.17, 15) is 0 Å². The van der Waals surface area contributed by atoms with Crippen LogP contribution in [0.4, 0.5) is 0 Å². The summed E-state index contributed by atoms with van der Waals surface area (Å²) in [5.74, 6) is 2.17. The van der Waals surface area contributed by atoms with Gasteiger partial charge in [0, 0.05) is 12.6 Å². The number of hydrogen-bond donors (Lipinski definition) is 0. The molecule has 1 saturated heterocycles. The zero-order chi connectivity index (χ0) is 8.55. The van der Waals surface area contributed by atoms with E-state index in [1.165, 1.54) is 38.8 Å². The Morgan fingerprint density at radius 3 is 2.33 bits per heavy atom. The number of piperidine rings is 1. The molecule has 0 amide bonds. The Bertz CT molecular complexity index is 151. The summed E-state index contributed by atoms with van der Waals surface area (Å²) >= 11 is 0. The van der Waals surface area contributed by atoms with Crippen molar-refractivity contribution in [2.75, 3.05) is 13.1 Å². The lowest BCUT2D eigenvalue weighted by atomic mass is 9.90. The summed E-state index contributed by atoms with van der Waals surface area (Å²) in [5.41, 5.74) is 0.